The van der Waals surface area contributed by atoms with Crippen molar-refractivity contribution in [2.75, 3.05) is 20.8 Å². The molecule has 0 unspecified atom stereocenters. The summed E-state index contributed by atoms with van der Waals surface area (Å²) in [6.07, 6.45) is 7.70. The van der Waals surface area contributed by atoms with Gasteiger partial charge in [0.25, 0.3) is 5.91 Å². The van der Waals surface area contributed by atoms with Crippen molar-refractivity contribution >= 4 is 17.8 Å². The second kappa shape index (κ2) is 11.5. The number of nitrogens with one attached hydrogen (secondary N) is 2. The first kappa shape index (κ1) is 28.2. The molecular formula is C29H41FN2O6. The van der Waals surface area contributed by atoms with Crippen molar-refractivity contribution in [1.29, 1.82) is 0 Å². The quantitative estimate of drug-likeness (QED) is 0.453. The highest BCUT2D eigenvalue weighted by molar-refractivity contribution is 5.98. The highest BCUT2D eigenvalue weighted by Crippen LogP contribution is 2.40. The number of hydrogen-bond acceptors (Lipinski definition) is 6. The Morgan fingerprint density at radius 2 is 1.68 bits per heavy atom. The first-order valence-electron chi connectivity index (χ1n) is 13.8. The van der Waals surface area contributed by atoms with Crippen LogP contribution in [-0.4, -0.2) is 50.7 Å². The molecule has 2 amide bonds. The van der Waals surface area contributed by atoms with Crippen LogP contribution in [0.3, 0.4) is 0 Å². The number of ether oxygens (including phenoxy) is 3. The molecule has 2 atom stereocenters. The van der Waals surface area contributed by atoms with Gasteiger partial charge < -0.3 is 24.8 Å². The minimum atomic E-state index is -0.623. The fourth-order valence-electron chi connectivity index (χ4n) is 6.03. The van der Waals surface area contributed by atoms with Crippen molar-refractivity contribution in [2.45, 2.75) is 90.2 Å². The zero-order valence-electron chi connectivity index (χ0n) is 23.0. The predicted octanol–water partition coefficient (Wildman–Crippen LogP) is 4.54. The summed E-state index contributed by atoms with van der Waals surface area (Å²) >= 11 is 0. The van der Waals surface area contributed by atoms with Gasteiger partial charge in [-0.15, -0.1) is 0 Å². The van der Waals surface area contributed by atoms with Crippen molar-refractivity contribution in [3.63, 3.8) is 0 Å². The van der Waals surface area contributed by atoms with Crippen LogP contribution in [-0.2, 0) is 14.3 Å². The fraction of sp³-hybridized carbons (Fsp3) is 0.690. The van der Waals surface area contributed by atoms with Crippen LogP contribution >= 0.6 is 0 Å². The van der Waals surface area contributed by atoms with Crippen LogP contribution in [0.5, 0.6) is 11.5 Å². The van der Waals surface area contributed by atoms with Gasteiger partial charge in [-0.2, -0.15) is 0 Å². The van der Waals surface area contributed by atoms with Crippen LogP contribution < -0.4 is 20.1 Å². The van der Waals surface area contributed by atoms with E-state index in [9.17, 15) is 18.8 Å². The van der Waals surface area contributed by atoms with E-state index in [-0.39, 0.29) is 52.4 Å². The van der Waals surface area contributed by atoms with E-state index >= 15 is 0 Å². The van der Waals surface area contributed by atoms with Crippen molar-refractivity contribution in [3.05, 3.63) is 23.5 Å². The maximum absolute atomic E-state index is 14.9. The lowest BCUT2D eigenvalue weighted by Gasteiger charge is -2.38. The Morgan fingerprint density at radius 1 is 0.974 bits per heavy atom. The third-order valence-electron chi connectivity index (χ3n) is 8.93. The van der Waals surface area contributed by atoms with Crippen LogP contribution in [0, 0.1) is 22.6 Å². The van der Waals surface area contributed by atoms with Gasteiger partial charge in [0.2, 0.25) is 5.91 Å². The second-order valence-electron chi connectivity index (χ2n) is 11.9. The van der Waals surface area contributed by atoms with Crippen molar-refractivity contribution in [3.8, 4) is 11.5 Å². The summed E-state index contributed by atoms with van der Waals surface area (Å²) in [5, 5.41) is 6.09. The summed E-state index contributed by atoms with van der Waals surface area (Å²) in [5.41, 5.74) is -0.231. The number of methoxy groups -OCH3 is 2. The topological polar surface area (TPSA) is 103 Å². The van der Waals surface area contributed by atoms with Crippen LogP contribution in [0.25, 0.3) is 0 Å². The Bertz CT molecular complexity index is 1050. The summed E-state index contributed by atoms with van der Waals surface area (Å²) in [7, 11) is 2.76. The van der Waals surface area contributed by atoms with Gasteiger partial charge in [0.15, 0.2) is 11.6 Å². The summed E-state index contributed by atoms with van der Waals surface area (Å²) in [5.74, 6) is -1.54. The van der Waals surface area contributed by atoms with Crippen molar-refractivity contribution in [1.82, 2.24) is 10.6 Å². The second-order valence-corrected chi connectivity index (χ2v) is 11.9. The smallest absolute Gasteiger partial charge is 0.311 e. The Labute approximate surface area is 224 Å². The van der Waals surface area contributed by atoms with E-state index in [4.69, 9.17) is 14.2 Å². The number of carbonyl (C=O) groups excluding carboxylic acids is 3. The van der Waals surface area contributed by atoms with Crippen LogP contribution in [0.15, 0.2) is 12.1 Å². The average molecular weight is 533 g/mol. The van der Waals surface area contributed by atoms with E-state index < -0.39 is 17.1 Å². The molecule has 38 heavy (non-hydrogen) atoms. The molecule has 0 bridgehead atoms. The normalized spacial score (nSPS) is 28.1. The third-order valence-corrected chi connectivity index (χ3v) is 8.93. The summed E-state index contributed by atoms with van der Waals surface area (Å²) in [6.45, 7) is 4.72. The molecule has 0 aliphatic heterocycles. The Hall–Kier alpha value is -2.84. The number of benzene rings is 1. The van der Waals surface area contributed by atoms with Crippen LogP contribution in [0.1, 0.15) is 88.4 Å². The number of hydrogen-bond donors (Lipinski definition) is 2. The van der Waals surface area contributed by atoms with Crippen molar-refractivity contribution in [2.24, 2.45) is 16.7 Å². The molecule has 2 N–H and O–H groups in total. The summed E-state index contributed by atoms with van der Waals surface area (Å²) in [6, 6.07) is 2.23. The first-order valence-corrected chi connectivity index (χ1v) is 13.8. The molecule has 0 spiro atoms. The van der Waals surface area contributed by atoms with Crippen LogP contribution in [0.2, 0.25) is 0 Å². The highest BCUT2D eigenvalue weighted by Gasteiger charge is 2.40. The fourth-order valence-corrected chi connectivity index (χ4v) is 6.03. The standard InChI is InChI=1S/C29H41FN2O6/c1-28(11-6-12-28)17-31-25(33)19-7-5-8-22(19)32-26(34)20-15-24(21(30)16-23(20)36-3)38-18-9-13-29(2,14-10-18)27(35)37-4/h15-16,18-19,22H,5-14,17H2,1-4H3,(H,31,33)(H,32,34)/t18-,19-,22+,29+/m0/s1. The SMILES string of the molecule is COc1cc(F)c(O[C@H]2CC[C@@](C)(C(=O)OC)CC2)cc1C(=O)N[C@@H]1CCC[C@@H]1C(=O)NCC1(C)CCC1. The predicted molar refractivity (Wildman–Crippen MR) is 140 cm³/mol. The number of halogens is 1. The van der Waals surface area contributed by atoms with Gasteiger partial charge in [0.1, 0.15) is 5.75 Å². The van der Waals surface area contributed by atoms with Gasteiger partial charge in [0.05, 0.1) is 37.2 Å². The lowest BCUT2D eigenvalue weighted by Crippen LogP contribution is -2.47. The molecule has 9 heteroatoms. The molecule has 0 radical (unpaired) electrons. The molecular weight excluding hydrogens is 491 g/mol. The summed E-state index contributed by atoms with van der Waals surface area (Å²) < 4.78 is 31.1. The lowest BCUT2D eigenvalue weighted by atomic mass is 9.70. The van der Waals surface area contributed by atoms with E-state index in [2.05, 4.69) is 17.6 Å². The monoisotopic (exact) mass is 532 g/mol. The average Bonchev–Trinajstić information content (AvgIpc) is 3.35. The molecule has 3 aliphatic carbocycles. The lowest BCUT2D eigenvalue weighted by molar-refractivity contribution is -0.154. The van der Waals surface area contributed by atoms with Gasteiger partial charge in [-0.25, -0.2) is 4.39 Å². The van der Waals surface area contributed by atoms with Gasteiger partial charge in [-0.1, -0.05) is 19.8 Å². The van der Waals surface area contributed by atoms with Gasteiger partial charge in [-0.05, 0) is 69.8 Å². The molecule has 0 heterocycles. The number of rotatable bonds is 9. The number of carbonyl (C=O) groups is 3. The number of amides is 2. The Balaban J connectivity index is 1.41. The summed E-state index contributed by atoms with van der Waals surface area (Å²) in [4.78, 5) is 38.3. The van der Waals surface area contributed by atoms with Gasteiger partial charge in [0, 0.05) is 18.7 Å². The van der Waals surface area contributed by atoms with Crippen LogP contribution in [0.4, 0.5) is 4.39 Å². The van der Waals surface area contributed by atoms with Gasteiger partial charge >= 0.3 is 5.97 Å². The van der Waals surface area contributed by atoms with E-state index in [1.807, 2.05) is 6.92 Å². The molecule has 1 aromatic carbocycles. The zero-order chi connectivity index (χ0) is 27.5. The largest absolute Gasteiger partial charge is 0.496 e. The Kier molecular flexibility index (Phi) is 8.52. The first-order chi connectivity index (χ1) is 18.1. The molecule has 3 saturated carbocycles. The molecule has 0 saturated heterocycles. The van der Waals surface area contributed by atoms with E-state index in [0.717, 1.165) is 25.3 Å². The minimum Gasteiger partial charge on any atom is -0.496 e. The van der Waals surface area contributed by atoms with E-state index in [1.54, 1.807) is 0 Å². The molecule has 210 valence electrons. The number of esters is 1. The minimum absolute atomic E-state index is 0.0210. The van der Waals surface area contributed by atoms with E-state index in [0.29, 0.717) is 45.1 Å². The molecule has 3 aliphatic rings. The Morgan fingerprint density at radius 3 is 2.29 bits per heavy atom. The highest BCUT2D eigenvalue weighted by atomic mass is 19.1. The van der Waals surface area contributed by atoms with Crippen molar-refractivity contribution < 1.29 is 33.0 Å². The maximum atomic E-state index is 14.9. The zero-order valence-corrected chi connectivity index (χ0v) is 23.0. The maximum Gasteiger partial charge on any atom is 0.311 e. The molecule has 0 aromatic heterocycles. The molecule has 1 aromatic rings. The van der Waals surface area contributed by atoms with E-state index in [1.165, 1.54) is 26.7 Å². The molecule has 3 fully saturated rings. The third kappa shape index (κ3) is 6.07. The molecule has 8 nitrogen and oxygen atoms in total. The van der Waals surface area contributed by atoms with Gasteiger partial charge in [-0.3, -0.25) is 14.4 Å². The molecule has 4 rings (SSSR count).